The maximum atomic E-state index is 12.1. The second kappa shape index (κ2) is 7.17. The molecule has 5 nitrogen and oxygen atoms in total. The molecule has 1 aromatic carbocycles. The van der Waals surface area contributed by atoms with Gasteiger partial charge in [0.2, 0.25) is 5.91 Å². The first-order chi connectivity index (χ1) is 10.8. The topological polar surface area (TPSA) is 56.2 Å². The van der Waals surface area contributed by atoms with Crippen LogP contribution in [0.5, 0.6) is 5.75 Å². The molecule has 0 saturated heterocycles. The van der Waals surface area contributed by atoms with Crippen molar-refractivity contribution in [1.82, 2.24) is 15.1 Å². The molecule has 0 bridgehead atoms. The van der Waals surface area contributed by atoms with Gasteiger partial charge in [-0.3, -0.25) is 9.48 Å². The standard InChI is InChI=1S/C15H16F3N3O2/c1-11(10-21-8-2-7-19-21)20-14(22)9-12-3-5-13(6-4-12)23-15(16,17)18/h2-8,11H,9-10H2,1H3,(H,20,22)/t11-/m1/s1. The zero-order valence-electron chi connectivity index (χ0n) is 12.4. The van der Waals surface area contributed by atoms with Crippen LogP contribution in [-0.4, -0.2) is 28.1 Å². The van der Waals surface area contributed by atoms with Crippen molar-refractivity contribution >= 4 is 5.91 Å². The highest BCUT2D eigenvalue weighted by atomic mass is 19.4. The van der Waals surface area contributed by atoms with Gasteiger partial charge in [-0.1, -0.05) is 12.1 Å². The summed E-state index contributed by atoms with van der Waals surface area (Å²) >= 11 is 0. The number of ether oxygens (including phenoxy) is 1. The molecule has 1 heterocycles. The molecule has 23 heavy (non-hydrogen) atoms. The maximum Gasteiger partial charge on any atom is 0.573 e. The van der Waals surface area contributed by atoms with E-state index in [2.05, 4.69) is 15.2 Å². The van der Waals surface area contributed by atoms with Crippen LogP contribution in [0.1, 0.15) is 12.5 Å². The number of alkyl halides is 3. The van der Waals surface area contributed by atoms with Crippen LogP contribution in [0.25, 0.3) is 0 Å². The molecule has 124 valence electrons. The number of halogens is 3. The summed E-state index contributed by atoms with van der Waals surface area (Å²) in [5, 5.41) is 6.85. The first-order valence-electron chi connectivity index (χ1n) is 6.93. The van der Waals surface area contributed by atoms with E-state index in [1.54, 1.807) is 23.1 Å². The molecule has 0 saturated carbocycles. The van der Waals surface area contributed by atoms with Gasteiger partial charge in [0.1, 0.15) is 5.75 Å². The number of nitrogens with zero attached hydrogens (tertiary/aromatic N) is 2. The van der Waals surface area contributed by atoms with E-state index in [0.717, 1.165) is 0 Å². The summed E-state index contributed by atoms with van der Waals surface area (Å²) in [6, 6.07) is 6.90. The monoisotopic (exact) mass is 327 g/mol. The lowest BCUT2D eigenvalue weighted by molar-refractivity contribution is -0.274. The van der Waals surface area contributed by atoms with E-state index < -0.39 is 6.36 Å². The van der Waals surface area contributed by atoms with Crippen LogP contribution in [0.2, 0.25) is 0 Å². The van der Waals surface area contributed by atoms with Gasteiger partial charge >= 0.3 is 6.36 Å². The number of nitrogens with one attached hydrogen (secondary N) is 1. The van der Waals surface area contributed by atoms with Crippen molar-refractivity contribution < 1.29 is 22.7 Å². The van der Waals surface area contributed by atoms with Gasteiger partial charge in [-0.25, -0.2) is 0 Å². The number of benzene rings is 1. The Hall–Kier alpha value is -2.51. The summed E-state index contributed by atoms with van der Waals surface area (Å²) in [6.07, 6.45) is -1.20. The molecule has 2 rings (SSSR count). The van der Waals surface area contributed by atoms with Gasteiger partial charge in [-0.05, 0) is 30.7 Å². The number of hydrogen-bond acceptors (Lipinski definition) is 3. The van der Waals surface area contributed by atoms with Crippen molar-refractivity contribution in [1.29, 1.82) is 0 Å². The average molecular weight is 327 g/mol. The van der Waals surface area contributed by atoms with Gasteiger partial charge in [0.25, 0.3) is 0 Å². The number of amides is 1. The Kier molecular flexibility index (Phi) is 5.25. The predicted molar refractivity (Wildman–Crippen MR) is 76.7 cm³/mol. The van der Waals surface area contributed by atoms with Gasteiger partial charge in [0, 0.05) is 18.4 Å². The molecule has 0 unspecified atom stereocenters. The quantitative estimate of drug-likeness (QED) is 0.887. The fourth-order valence-corrected chi connectivity index (χ4v) is 2.05. The zero-order chi connectivity index (χ0) is 16.9. The predicted octanol–water partition coefficient (Wildman–Crippen LogP) is 2.53. The molecule has 0 aliphatic carbocycles. The van der Waals surface area contributed by atoms with Crippen LogP contribution in [0.15, 0.2) is 42.7 Å². The summed E-state index contributed by atoms with van der Waals surface area (Å²) < 4.78 is 41.6. The zero-order valence-corrected chi connectivity index (χ0v) is 12.4. The number of rotatable bonds is 6. The molecule has 1 amide bonds. The van der Waals surface area contributed by atoms with Crippen molar-refractivity contribution in [3.63, 3.8) is 0 Å². The van der Waals surface area contributed by atoms with Crippen LogP contribution in [-0.2, 0) is 17.8 Å². The summed E-state index contributed by atoms with van der Waals surface area (Å²) in [6.45, 7) is 2.39. The van der Waals surface area contributed by atoms with Gasteiger partial charge in [0.05, 0.1) is 13.0 Å². The van der Waals surface area contributed by atoms with E-state index in [9.17, 15) is 18.0 Å². The molecule has 8 heteroatoms. The Morgan fingerprint density at radius 2 is 2.04 bits per heavy atom. The summed E-state index contributed by atoms with van der Waals surface area (Å²) in [4.78, 5) is 11.9. The number of aromatic nitrogens is 2. The third-order valence-corrected chi connectivity index (χ3v) is 2.95. The Balaban J connectivity index is 1.82. The Morgan fingerprint density at radius 3 is 2.61 bits per heavy atom. The maximum absolute atomic E-state index is 12.1. The van der Waals surface area contributed by atoms with E-state index in [1.807, 2.05) is 6.92 Å². The minimum Gasteiger partial charge on any atom is -0.406 e. The highest BCUT2D eigenvalue weighted by Gasteiger charge is 2.30. The van der Waals surface area contributed by atoms with Crippen molar-refractivity contribution in [2.45, 2.75) is 32.3 Å². The largest absolute Gasteiger partial charge is 0.573 e. The van der Waals surface area contributed by atoms with Crippen molar-refractivity contribution in [2.75, 3.05) is 0 Å². The number of carbonyl (C=O) groups is 1. The molecule has 0 aliphatic rings. The van der Waals surface area contributed by atoms with Gasteiger partial charge in [-0.15, -0.1) is 13.2 Å². The molecule has 1 N–H and O–H groups in total. The Bertz CT molecular complexity index is 624. The second-order valence-corrected chi connectivity index (χ2v) is 5.07. The lowest BCUT2D eigenvalue weighted by Gasteiger charge is -2.14. The molecule has 1 aromatic heterocycles. The van der Waals surface area contributed by atoms with E-state index in [0.29, 0.717) is 12.1 Å². The minimum absolute atomic E-state index is 0.0791. The summed E-state index contributed by atoms with van der Waals surface area (Å²) in [7, 11) is 0. The fraction of sp³-hybridized carbons (Fsp3) is 0.333. The van der Waals surface area contributed by atoms with Crippen LogP contribution < -0.4 is 10.1 Å². The second-order valence-electron chi connectivity index (χ2n) is 5.07. The number of carbonyl (C=O) groups excluding carboxylic acids is 1. The highest BCUT2D eigenvalue weighted by Crippen LogP contribution is 2.22. The van der Waals surface area contributed by atoms with Gasteiger partial charge in [-0.2, -0.15) is 5.10 Å². The van der Waals surface area contributed by atoms with Crippen molar-refractivity contribution in [3.8, 4) is 5.75 Å². The summed E-state index contributed by atoms with van der Waals surface area (Å²) in [5.74, 6) is -0.525. The molecule has 2 aromatic rings. The Labute approximate surface area is 131 Å². The molecule has 0 radical (unpaired) electrons. The van der Waals surface area contributed by atoms with Crippen LogP contribution in [0.4, 0.5) is 13.2 Å². The molecule has 0 fully saturated rings. The van der Waals surface area contributed by atoms with E-state index in [1.165, 1.54) is 24.3 Å². The third kappa shape index (κ3) is 6.01. The van der Waals surface area contributed by atoms with Crippen molar-refractivity contribution in [3.05, 3.63) is 48.3 Å². The smallest absolute Gasteiger partial charge is 0.406 e. The lowest BCUT2D eigenvalue weighted by atomic mass is 10.1. The minimum atomic E-state index is -4.72. The molecule has 1 atom stereocenters. The molecular weight excluding hydrogens is 311 g/mol. The van der Waals surface area contributed by atoms with Crippen LogP contribution in [0.3, 0.4) is 0 Å². The first-order valence-corrected chi connectivity index (χ1v) is 6.93. The third-order valence-electron chi connectivity index (χ3n) is 2.95. The molecule has 0 aliphatic heterocycles. The Morgan fingerprint density at radius 1 is 1.35 bits per heavy atom. The van der Waals surface area contributed by atoms with E-state index in [4.69, 9.17) is 0 Å². The average Bonchev–Trinajstić information content (AvgIpc) is 2.91. The van der Waals surface area contributed by atoms with E-state index >= 15 is 0 Å². The van der Waals surface area contributed by atoms with Crippen molar-refractivity contribution in [2.24, 2.45) is 0 Å². The van der Waals surface area contributed by atoms with Crippen LogP contribution >= 0.6 is 0 Å². The lowest BCUT2D eigenvalue weighted by Crippen LogP contribution is -2.36. The highest BCUT2D eigenvalue weighted by molar-refractivity contribution is 5.78. The van der Waals surface area contributed by atoms with Gasteiger partial charge in [0.15, 0.2) is 0 Å². The molecule has 0 spiro atoms. The number of hydrogen-bond donors (Lipinski definition) is 1. The fourth-order valence-electron chi connectivity index (χ4n) is 2.05. The first kappa shape index (κ1) is 16.9. The van der Waals surface area contributed by atoms with Crippen LogP contribution in [0, 0.1) is 0 Å². The normalized spacial score (nSPS) is 12.7. The van der Waals surface area contributed by atoms with E-state index in [-0.39, 0.29) is 24.1 Å². The van der Waals surface area contributed by atoms with Gasteiger partial charge < -0.3 is 10.1 Å². The SMILES string of the molecule is C[C@H](Cn1cccn1)NC(=O)Cc1ccc(OC(F)(F)F)cc1. The molecular formula is C15H16F3N3O2. The summed E-state index contributed by atoms with van der Waals surface area (Å²) in [5.41, 5.74) is 0.600.